The number of hydrogen-bond acceptors (Lipinski definition) is 2. The number of carbonyl (C=O) groups is 2. The van der Waals surface area contributed by atoms with Crippen LogP contribution in [0.15, 0.2) is 0 Å². The molecule has 0 aliphatic heterocycles. The molecule has 2 amide bonds. The minimum Gasteiger partial charge on any atom is -0.481 e. The van der Waals surface area contributed by atoms with Gasteiger partial charge in [-0.15, -0.1) is 12.3 Å². The van der Waals surface area contributed by atoms with E-state index in [4.69, 9.17) is 11.5 Å². The van der Waals surface area contributed by atoms with Gasteiger partial charge in [-0.1, -0.05) is 0 Å². The van der Waals surface area contributed by atoms with E-state index >= 15 is 0 Å². The van der Waals surface area contributed by atoms with Crippen molar-refractivity contribution in [3.05, 3.63) is 0 Å². The molecule has 0 aromatic heterocycles. The van der Waals surface area contributed by atoms with Gasteiger partial charge in [0.1, 0.15) is 0 Å². The predicted octanol–water partition coefficient (Wildman–Crippen LogP) is 0.952. The summed E-state index contributed by atoms with van der Waals surface area (Å²) in [7, 11) is 0. The Morgan fingerprint density at radius 1 is 1.41 bits per heavy atom. The van der Waals surface area contributed by atoms with Gasteiger partial charge in [-0.2, -0.15) is 0 Å². The van der Waals surface area contributed by atoms with Crippen LogP contribution < -0.4 is 10.6 Å². The molecule has 0 saturated heterocycles. The summed E-state index contributed by atoms with van der Waals surface area (Å²) >= 11 is 0. The highest BCUT2D eigenvalue weighted by Crippen LogP contribution is 2.25. The van der Waals surface area contributed by atoms with Gasteiger partial charge in [0.15, 0.2) is 0 Å². The first-order chi connectivity index (χ1) is 8.13. The number of rotatable bonds is 5. The van der Waals surface area contributed by atoms with Crippen molar-refractivity contribution in [2.24, 2.45) is 5.92 Å². The van der Waals surface area contributed by atoms with E-state index in [1.807, 2.05) is 0 Å². The number of urea groups is 1. The second kappa shape index (κ2) is 6.79. The van der Waals surface area contributed by atoms with Crippen molar-refractivity contribution in [3.63, 3.8) is 0 Å². The minimum atomic E-state index is -0.774. The van der Waals surface area contributed by atoms with Crippen molar-refractivity contribution >= 4 is 12.0 Å². The third kappa shape index (κ3) is 4.77. The maximum atomic E-state index is 11.4. The molecule has 0 aromatic rings. The van der Waals surface area contributed by atoms with Crippen LogP contribution in [0, 0.1) is 18.3 Å². The van der Waals surface area contributed by atoms with Crippen molar-refractivity contribution in [1.29, 1.82) is 0 Å². The molecule has 0 aromatic carbocycles. The number of amides is 2. The summed E-state index contributed by atoms with van der Waals surface area (Å²) in [4.78, 5) is 22.1. The van der Waals surface area contributed by atoms with Crippen LogP contribution in [0.4, 0.5) is 4.79 Å². The first-order valence-electron chi connectivity index (χ1n) is 5.84. The van der Waals surface area contributed by atoms with Crippen LogP contribution in [0.1, 0.15) is 32.1 Å². The Morgan fingerprint density at radius 2 is 2.18 bits per heavy atom. The van der Waals surface area contributed by atoms with Gasteiger partial charge in [0.2, 0.25) is 0 Å². The molecule has 0 heterocycles. The Hall–Kier alpha value is -1.70. The zero-order valence-corrected chi connectivity index (χ0v) is 9.74. The summed E-state index contributed by atoms with van der Waals surface area (Å²) in [6.07, 6.45) is 8.38. The summed E-state index contributed by atoms with van der Waals surface area (Å²) in [5, 5.41) is 14.3. The smallest absolute Gasteiger partial charge is 0.315 e. The molecular formula is C12H18N2O3. The molecule has 1 aliphatic carbocycles. The van der Waals surface area contributed by atoms with Gasteiger partial charge in [-0.3, -0.25) is 4.79 Å². The monoisotopic (exact) mass is 238 g/mol. The van der Waals surface area contributed by atoms with Gasteiger partial charge in [0, 0.05) is 19.0 Å². The molecule has 1 saturated carbocycles. The lowest BCUT2D eigenvalue weighted by molar-refractivity contribution is -0.141. The van der Waals surface area contributed by atoms with Gasteiger partial charge in [0.25, 0.3) is 0 Å². The van der Waals surface area contributed by atoms with Crippen molar-refractivity contribution < 1.29 is 14.7 Å². The van der Waals surface area contributed by atoms with E-state index in [-0.39, 0.29) is 18.0 Å². The first kappa shape index (κ1) is 13.4. The number of unbranched alkanes of at least 4 members (excludes halogenated alkanes) is 1. The minimum absolute atomic E-state index is 0.0243. The molecule has 0 bridgehead atoms. The highest BCUT2D eigenvalue weighted by molar-refractivity contribution is 5.75. The summed E-state index contributed by atoms with van der Waals surface area (Å²) in [6.45, 7) is 0.547. The lowest BCUT2D eigenvalue weighted by Gasteiger charge is -2.13. The molecule has 0 radical (unpaired) electrons. The van der Waals surface area contributed by atoms with Gasteiger partial charge in [-0.05, 0) is 25.7 Å². The fraction of sp³-hybridized carbons (Fsp3) is 0.667. The summed E-state index contributed by atoms with van der Waals surface area (Å²) in [6, 6.07) is -0.262. The van der Waals surface area contributed by atoms with E-state index in [9.17, 15) is 9.59 Å². The summed E-state index contributed by atoms with van der Waals surface area (Å²) < 4.78 is 0. The van der Waals surface area contributed by atoms with Crippen LogP contribution in [0.25, 0.3) is 0 Å². The predicted molar refractivity (Wildman–Crippen MR) is 63.4 cm³/mol. The number of terminal acetylenes is 1. The number of carbonyl (C=O) groups excluding carboxylic acids is 1. The van der Waals surface area contributed by atoms with Crippen LogP contribution in [-0.2, 0) is 4.79 Å². The highest BCUT2D eigenvalue weighted by atomic mass is 16.4. The molecule has 94 valence electrons. The average molecular weight is 238 g/mol. The fourth-order valence-corrected chi connectivity index (χ4v) is 1.97. The van der Waals surface area contributed by atoms with Crippen LogP contribution in [0.3, 0.4) is 0 Å². The maximum absolute atomic E-state index is 11.4. The third-order valence-corrected chi connectivity index (χ3v) is 2.90. The van der Waals surface area contributed by atoms with Gasteiger partial charge >= 0.3 is 12.0 Å². The molecule has 0 spiro atoms. The molecule has 3 N–H and O–H groups in total. The Labute approximate surface area is 101 Å². The standard InChI is InChI=1S/C12H18N2O3/c1-2-3-4-7-13-12(17)14-10-6-5-9(8-10)11(15)16/h1,9-10H,3-8H2,(H,15,16)(H2,13,14,17). The van der Waals surface area contributed by atoms with Crippen molar-refractivity contribution in [2.75, 3.05) is 6.54 Å². The molecule has 5 heteroatoms. The Kier molecular flexibility index (Phi) is 5.34. The van der Waals surface area contributed by atoms with E-state index < -0.39 is 5.97 Å². The van der Waals surface area contributed by atoms with Crippen LogP contribution >= 0.6 is 0 Å². The molecule has 1 fully saturated rings. The van der Waals surface area contributed by atoms with E-state index in [2.05, 4.69) is 16.6 Å². The molecule has 1 aliphatic rings. The second-order valence-electron chi connectivity index (χ2n) is 4.25. The van der Waals surface area contributed by atoms with Crippen LogP contribution in [0.5, 0.6) is 0 Å². The SMILES string of the molecule is C#CCCCNC(=O)NC1CCC(C(=O)O)C1. The summed E-state index contributed by atoms with van der Waals surface area (Å²) in [5.74, 6) is 1.40. The summed E-state index contributed by atoms with van der Waals surface area (Å²) in [5.41, 5.74) is 0. The second-order valence-corrected chi connectivity index (χ2v) is 4.25. The zero-order chi connectivity index (χ0) is 12.7. The molecular weight excluding hydrogens is 220 g/mol. The lowest BCUT2D eigenvalue weighted by Crippen LogP contribution is -2.41. The van der Waals surface area contributed by atoms with Gasteiger partial charge < -0.3 is 15.7 Å². The van der Waals surface area contributed by atoms with Crippen LogP contribution in [0.2, 0.25) is 0 Å². The number of carboxylic acid groups (broad SMARTS) is 1. The largest absolute Gasteiger partial charge is 0.481 e. The van der Waals surface area contributed by atoms with E-state index in [1.165, 1.54) is 0 Å². The maximum Gasteiger partial charge on any atom is 0.315 e. The topological polar surface area (TPSA) is 78.4 Å². The van der Waals surface area contributed by atoms with Crippen molar-refractivity contribution in [2.45, 2.75) is 38.1 Å². The molecule has 5 nitrogen and oxygen atoms in total. The van der Waals surface area contributed by atoms with E-state index in [0.717, 1.165) is 12.8 Å². The number of nitrogens with one attached hydrogen (secondary N) is 2. The molecule has 2 unspecified atom stereocenters. The van der Waals surface area contributed by atoms with E-state index in [0.29, 0.717) is 25.8 Å². The molecule has 2 atom stereocenters. The van der Waals surface area contributed by atoms with Gasteiger partial charge in [0.05, 0.1) is 5.92 Å². The Bertz CT molecular complexity index is 322. The number of carboxylic acids is 1. The molecule has 17 heavy (non-hydrogen) atoms. The quantitative estimate of drug-likeness (QED) is 0.493. The Morgan fingerprint density at radius 3 is 2.76 bits per heavy atom. The van der Waals surface area contributed by atoms with Crippen molar-refractivity contribution in [1.82, 2.24) is 10.6 Å². The zero-order valence-electron chi connectivity index (χ0n) is 9.74. The highest BCUT2D eigenvalue weighted by Gasteiger charge is 2.30. The number of hydrogen-bond donors (Lipinski definition) is 3. The van der Waals surface area contributed by atoms with Crippen LogP contribution in [-0.4, -0.2) is 29.7 Å². The van der Waals surface area contributed by atoms with Gasteiger partial charge in [-0.25, -0.2) is 4.79 Å². The average Bonchev–Trinajstić information content (AvgIpc) is 2.73. The molecule has 1 rings (SSSR count). The first-order valence-corrected chi connectivity index (χ1v) is 5.84. The third-order valence-electron chi connectivity index (χ3n) is 2.90. The fourth-order valence-electron chi connectivity index (χ4n) is 1.97. The number of aliphatic carboxylic acids is 1. The normalized spacial score (nSPS) is 22.8. The van der Waals surface area contributed by atoms with Crippen molar-refractivity contribution in [3.8, 4) is 12.3 Å². The lowest BCUT2D eigenvalue weighted by atomic mass is 10.1. The Balaban J connectivity index is 2.15. The van der Waals surface area contributed by atoms with E-state index in [1.54, 1.807) is 0 Å².